The van der Waals surface area contributed by atoms with Crippen LogP contribution >= 0.6 is 0 Å². The molecule has 3 aromatic heterocycles. The minimum Gasteiger partial charge on any atom is -0.455 e. The van der Waals surface area contributed by atoms with E-state index in [1.54, 1.807) is 12.4 Å². The second kappa shape index (κ2) is 7.39. The highest BCUT2D eigenvalue weighted by Gasteiger charge is 2.20. The van der Waals surface area contributed by atoms with Gasteiger partial charge in [0.15, 0.2) is 0 Å². The molecule has 0 N–H and O–H groups in total. The first-order chi connectivity index (χ1) is 16.9. The van der Waals surface area contributed by atoms with Gasteiger partial charge in [0.05, 0.1) is 23.5 Å². The Balaban J connectivity index is 1.50. The Hall–Kier alpha value is -4.77. The lowest BCUT2D eigenvalue weighted by molar-refractivity contribution is 0.669. The van der Waals surface area contributed by atoms with Crippen molar-refractivity contribution in [2.24, 2.45) is 0 Å². The Kier molecular flexibility index (Phi) is 4.08. The highest BCUT2D eigenvalue weighted by molar-refractivity contribution is 6.10. The van der Waals surface area contributed by atoms with Crippen molar-refractivity contribution in [3.63, 3.8) is 0 Å². The van der Waals surface area contributed by atoms with Gasteiger partial charge in [-0.1, -0.05) is 66.7 Å². The van der Waals surface area contributed by atoms with E-state index >= 15 is 0 Å². The van der Waals surface area contributed by atoms with Crippen molar-refractivity contribution >= 4 is 33.0 Å². The first-order valence-corrected chi connectivity index (χ1v) is 11.1. The Morgan fingerprint density at radius 2 is 1.44 bits per heavy atom. The van der Waals surface area contributed by atoms with E-state index in [4.69, 9.17) is 9.40 Å². The van der Waals surface area contributed by atoms with Crippen LogP contribution in [0.25, 0.3) is 61.2 Å². The molecule has 4 aromatic carbocycles. The molecule has 34 heavy (non-hydrogen) atoms. The number of furan rings is 1. The van der Waals surface area contributed by atoms with Gasteiger partial charge in [0.1, 0.15) is 22.5 Å². The number of para-hydroxylation sites is 2. The molecule has 0 amide bonds. The number of fused-ring (bicyclic) bond motifs is 4. The van der Waals surface area contributed by atoms with E-state index in [0.29, 0.717) is 0 Å². The van der Waals surface area contributed by atoms with Gasteiger partial charge in [-0.15, -0.1) is 0 Å². The standard InChI is InChI=1S/C29H18N4O/c1-3-8-19(9-4-1)20-14-15-22-23-12-7-13-24(28(23)34-27(22)16-20)29-32-25-17-30-31-18-26(25)33(29)21-10-5-2-6-11-21/h1-18H. The van der Waals surface area contributed by atoms with Crippen LogP contribution in [0.5, 0.6) is 0 Å². The van der Waals surface area contributed by atoms with Crippen molar-refractivity contribution in [2.45, 2.75) is 0 Å². The fourth-order valence-electron chi connectivity index (χ4n) is 4.65. The smallest absolute Gasteiger partial charge is 0.149 e. The van der Waals surface area contributed by atoms with Gasteiger partial charge >= 0.3 is 0 Å². The third-order valence-corrected chi connectivity index (χ3v) is 6.23. The number of hydrogen-bond donors (Lipinski definition) is 0. The molecule has 0 saturated carbocycles. The van der Waals surface area contributed by atoms with Gasteiger partial charge in [-0.05, 0) is 41.5 Å². The van der Waals surface area contributed by atoms with Gasteiger partial charge in [0.25, 0.3) is 0 Å². The first kappa shape index (κ1) is 18.8. The van der Waals surface area contributed by atoms with Crippen LogP contribution in [0.3, 0.4) is 0 Å². The Morgan fingerprint density at radius 3 is 2.29 bits per heavy atom. The number of aromatic nitrogens is 4. The fourth-order valence-corrected chi connectivity index (χ4v) is 4.65. The second-order valence-corrected chi connectivity index (χ2v) is 8.23. The maximum atomic E-state index is 6.50. The maximum Gasteiger partial charge on any atom is 0.149 e. The Bertz CT molecular complexity index is 1800. The summed E-state index contributed by atoms with van der Waals surface area (Å²) >= 11 is 0. The lowest BCUT2D eigenvalue weighted by atomic mass is 10.0. The molecule has 0 radical (unpaired) electrons. The normalized spacial score (nSPS) is 11.5. The largest absolute Gasteiger partial charge is 0.455 e. The van der Waals surface area contributed by atoms with Crippen molar-refractivity contribution in [3.05, 3.63) is 109 Å². The summed E-state index contributed by atoms with van der Waals surface area (Å²) in [6, 6.07) is 33.1. The highest BCUT2D eigenvalue weighted by atomic mass is 16.3. The summed E-state index contributed by atoms with van der Waals surface area (Å²) in [4.78, 5) is 4.95. The third kappa shape index (κ3) is 2.84. The molecule has 0 aliphatic rings. The zero-order valence-electron chi connectivity index (χ0n) is 18.1. The Morgan fingerprint density at radius 1 is 0.647 bits per heavy atom. The van der Waals surface area contributed by atoms with Gasteiger partial charge in [0.2, 0.25) is 0 Å². The molecule has 3 heterocycles. The van der Waals surface area contributed by atoms with Crippen molar-refractivity contribution in [1.82, 2.24) is 19.7 Å². The number of imidazole rings is 1. The molecule has 0 aliphatic carbocycles. The van der Waals surface area contributed by atoms with Crippen LogP contribution in [0.2, 0.25) is 0 Å². The molecule has 0 unspecified atom stereocenters. The summed E-state index contributed by atoms with van der Waals surface area (Å²) in [6.45, 7) is 0. The van der Waals surface area contributed by atoms with Crippen LogP contribution in [0.1, 0.15) is 0 Å². The van der Waals surface area contributed by atoms with Crippen LogP contribution < -0.4 is 0 Å². The second-order valence-electron chi connectivity index (χ2n) is 8.23. The summed E-state index contributed by atoms with van der Waals surface area (Å²) in [5, 5.41) is 10.3. The van der Waals surface area contributed by atoms with Gasteiger partial charge in [0, 0.05) is 16.5 Å². The van der Waals surface area contributed by atoms with Crippen LogP contribution in [-0.4, -0.2) is 19.7 Å². The number of nitrogens with zero attached hydrogens (tertiary/aromatic N) is 4. The molecule has 160 valence electrons. The molecular weight excluding hydrogens is 420 g/mol. The van der Waals surface area contributed by atoms with E-state index in [2.05, 4.69) is 75.4 Å². The molecule has 5 nitrogen and oxygen atoms in total. The lowest BCUT2D eigenvalue weighted by Crippen LogP contribution is -1.97. The van der Waals surface area contributed by atoms with Crippen LogP contribution in [-0.2, 0) is 0 Å². The SMILES string of the molecule is c1ccc(-c2ccc3c(c2)oc2c(-c4nc5cnncc5n4-c4ccccc4)cccc23)cc1. The van der Waals surface area contributed by atoms with E-state index in [1.165, 1.54) is 0 Å². The molecule has 7 aromatic rings. The summed E-state index contributed by atoms with van der Waals surface area (Å²) in [7, 11) is 0. The maximum absolute atomic E-state index is 6.50. The highest BCUT2D eigenvalue weighted by Crippen LogP contribution is 2.38. The van der Waals surface area contributed by atoms with Gasteiger partial charge < -0.3 is 4.42 Å². The zero-order chi connectivity index (χ0) is 22.5. The van der Waals surface area contributed by atoms with Gasteiger partial charge in [-0.25, -0.2) is 4.98 Å². The van der Waals surface area contributed by atoms with E-state index in [0.717, 1.165) is 61.2 Å². The lowest BCUT2D eigenvalue weighted by Gasteiger charge is -2.09. The predicted molar refractivity (Wildman–Crippen MR) is 135 cm³/mol. The minimum absolute atomic E-state index is 0.785. The Labute approximate surface area is 194 Å². The third-order valence-electron chi connectivity index (χ3n) is 6.23. The van der Waals surface area contributed by atoms with Crippen molar-refractivity contribution in [3.8, 4) is 28.2 Å². The monoisotopic (exact) mass is 438 g/mol. The topological polar surface area (TPSA) is 56.7 Å². The van der Waals surface area contributed by atoms with Crippen molar-refractivity contribution in [1.29, 1.82) is 0 Å². The van der Waals surface area contributed by atoms with Crippen LogP contribution in [0.4, 0.5) is 0 Å². The molecular formula is C29H18N4O. The van der Waals surface area contributed by atoms with Crippen molar-refractivity contribution < 1.29 is 4.42 Å². The van der Waals surface area contributed by atoms with Crippen LogP contribution in [0.15, 0.2) is 114 Å². The molecule has 5 heteroatoms. The number of rotatable bonds is 3. The quantitative estimate of drug-likeness (QED) is 0.297. The molecule has 0 atom stereocenters. The van der Waals surface area contributed by atoms with E-state index in [1.807, 2.05) is 36.4 Å². The van der Waals surface area contributed by atoms with Gasteiger partial charge in [-0.3, -0.25) is 4.57 Å². The molecule has 7 rings (SSSR count). The number of benzene rings is 4. The number of hydrogen-bond acceptors (Lipinski definition) is 4. The first-order valence-electron chi connectivity index (χ1n) is 11.1. The van der Waals surface area contributed by atoms with Crippen molar-refractivity contribution in [2.75, 3.05) is 0 Å². The van der Waals surface area contributed by atoms with E-state index in [-0.39, 0.29) is 0 Å². The van der Waals surface area contributed by atoms with E-state index in [9.17, 15) is 0 Å². The predicted octanol–water partition coefficient (Wildman–Crippen LogP) is 7.05. The molecule has 0 saturated heterocycles. The zero-order valence-corrected chi connectivity index (χ0v) is 18.1. The van der Waals surface area contributed by atoms with Gasteiger partial charge in [-0.2, -0.15) is 10.2 Å². The van der Waals surface area contributed by atoms with Crippen LogP contribution in [0, 0.1) is 0 Å². The average Bonchev–Trinajstić information content (AvgIpc) is 3.48. The molecule has 0 aliphatic heterocycles. The molecule has 0 bridgehead atoms. The van der Waals surface area contributed by atoms with E-state index < -0.39 is 0 Å². The summed E-state index contributed by atoms with van der Waals surface area (Å²) < 4.78 is 8.61. The molecule has 0 fully saturated rings. The average molecular weight is 438 g/mol. The summed E-state index contributed by atoms with van der Waals surface area (Å²) in [6.07, 6.45) is 3.45. The summed E-state index contributed by atoms with van der Waals surface area (Å²) in [5.74, 6) is 0.795. The molecule has 0 spiro atoms. The summed E-state index contributed by atoms with van der Waals surface area (Å²) in [5.41, 5.74) is 7.58. The minimum atomic E-state index is 0.785. The fraction of sp³-hybridized carbons (Fsp3) is 0.